The van der Waals surface area contributed by atoms with Gasteiger partial charge < -0.3 is 14.0 Å². The van der Waals surface area contributed by atoms with Gasteiger partial charge in [0.2, 0.25) is 6.79 Å². The van der Waals surface area contributed by atoms with Crippen LogP contribution in [0.3, 0.4) is 0 Å². The Balaban J connectivity index is 1.91. The second-order valence-corrected chi connectivity index (χ2v) is 5.35. The van der Waals surface area contributed by atoms with Crippen LogP contribution in [0.4, 0.5) is 0 Å². The van der Waals surface area contributed by atoms with Crippen molar-refractivity contribution in [1.82, 2.24) is 5.43 Å². The summed E-state index contributed by atoms with van der Waals surface area (Å²) in [5.41, 5.74) is 3.34. The van der Waals surface area contributed by atoms with E-state index in [1.807, 2.05) is 39.3 Å². The van der Waals surface area contributed by atoms with Crippen molar-refractivity contribution >= 4 is 12.1 Å². The molecule has 0 aliphatic carbocycles. The third kappa shape index (κ3) is 3.96. The van der Waals surface area contributed by atoms with E-state index < -0.39 is 0 Å². The summed E-state index contributed by atoms with van der Waals surface area (Å²) in [4.78, 5) is 11.6. The topological polar surface area (TPSA) is 59.9 Å². The average Bonchev–Trinajstić information content (AvgIpc) is 2.73. The van der Waals surface area contributed by atoms with Crippen LogP contribution < -0.4 is 14.9 Å². The van der Waals surface area contributed by atoms with E-state index in [0.717, 1.165) is 11.3 Å². The first kappa shape index (κ1) is 13.4. The van der Waals surface area contributed by atoms with Crippen LogP contribution >= 0.6 is 0 Å². The average molecular weight is 264 g/mol. The number of hydrazone groups is 1. The van der Waals surface area contributed by atoms with Crippen LogP contribution in [-0.4, -0.2) is 51.1 Å². The second-order valence-electron chi connectivity index (χ2n) is 5.35. The van der Waals surface area contributed by atoms with E-state index in [0.29, 0.717) is 16.8 Å². The summed E-state index contributed by atoms with van der Waals surface area (Å²) in [5, 5.41) is 3.92. The molecule has 0 unspecified atom stereocenters. The van der Waals surface area contributed by atoms with Crippen molar-refractivity contribution < 1.29 is 18.8 Å². The number of nitrogens with zero attached hydrogens (tertiary/aromatic N) is 2. The highest BCUT2D eigenvalue weighted by Crippen LogP contribution is 2.31. The number of amides is 1. The Hall–Kier alpha value is -2.08. The lowest BCUT2D eigenvalue weighted by molar-refractivity contribution is -0.862. The van der Waals surface area contributed by atoms with Crippen LogP contribution in [-0.2, 0) is 4.79 Å². The third-order valence-electron chi connectivity index (χ3n) is 2.42. The van der Waals surface area contributed by atoms with Gasteiger partial charge >= 0.3 is 0 Å². The van der Waals surface area contributed by atoms with Crippen molar-refractivity contribution in [2.24, 2.45) is 5.10 Å². The fourth-order valence-electron chi connectivity index (χ4n) is 1.64. The van der Waals surface area contributed by atoms with E-state index in [1.165, 1.54) is 0 Å². The molecule has 0 saturated carbocycles. The summed E-state index contributed by atoms with van der Waals surface area (Å²) >= 11 is 0. The summed E-state index contributed by atoms with van der Waals surface area (Å²) in [5.74, 6) is 1.30. The summed E-state index contributed by atoms with van der Waals surface area (Å²) in [7, 11) is 5.84. The fourth-order valence-corrected chi connectivity index (χ4v) is 1.64. The van der Waals surface area contributed by atoms with Crippen LogP contribution in [0, 0.1) is 0 Å². The molecule has 0 fully saturated rings. The molecule has 6 nitrogen and oxygen atoms in total. The smallest absolute Gasteiger partial charge is 0.295 e. The molecular weight excluding hydrogens is 246 g/mol. The molecule has 0 atom stereocenters. The molecule has 1 aromatic rings. The standard InChI is InChI=1S/C13H17N3O3/c1-16(2,3)8-13(17)15-14-7-10-4-5-11-12(6-10)19-9-18-11/h4-7H,8-9H2,1-3H3/p+1/b14-7+. The van der Waals surface area contributed by atoms with Crippen LogP contribution in [0.1, 0.15) is 5.56 Å². The molecule has 2 rings (SSSR count). The van der Waals surface area contributed by atoms with Gasteiger partial charge in [-0.25, -0.2) is 5.43 Å². The lowest BCUT2D eigenvalue weighted by Gasteiger charge is -2.21. The molecule has 1 aliphatic heterocycles. The minimum absolute atomic E-state index is 0.121. The van der Waals surface area contributed by atoms with Gasteiger partial charge in [0.25, 0.3) is 5.91 Å². The first-order valence-electron chi connectivity index (χ1n) is 5.96. The van der Waals surface area contributed by atoms with Crippen molar-refractivity contribution in [2.45, 2.75) is 0 Å². The number of likely N-dealkylation sites (N-methyl/N-ethyl adjacent to an activating group) is 1. The maximum Gasteiger partial charge on any atom is 0.295 e. The molecule has 0 saturated heterocycles. The Morgan fingerprint density at radius 3 is 2.84 bits per heavy atom. The summed E-state index contributed by atoms with van der Waals surface area (Å²) in [6.45, 7) is 0.620. The number of quaternary nitrogens is 1. The molecule has 0 bridgehead atoms. The van der Waals surface area contributed by atoms with E-state index in [1.54, 1.807) is 6.21 Å². The number of hydrogen-bond acceptors (Lipinski definition) is 4. The highest BCUT2D eigenvalue weighted by atomic mass is 16.7. The normalized spacial score (nSPS) is 13.8. The van der Waals surface area contributed by atoms with Gasteiger partial charge in [-0.15, -0.1) is 0 Å². The number of carbonyl (C=O) groups excluding carboxylic acids is 1. The molecular formula is C13H18N3O3+. The molecule has 1 aromatic carbocycles. The van der Waals surface area contributed by atoms with Crippen molar-refractivity contribution in [1.29, 1.82) is 0 Å². The summed E-state index contributed by atoms with van der Waals surface area (Å²) in [6, 6.07) is 5.48. The van der Waals surface area contributed by atoms with E-state index in [9.17, 15) is 4.79 Å². The van der Waals surface area contributed by atoms with Gasteiger partial charge in [-0.2, -0.15) is 5.10 Å². The zero-order valence-electron chi connectivity index (χ0n) is 11.3. The highest BCUT2D eigenvalue weighted by Gasteiger charge is 2.14. The Bertz CT molecular complexity index is 506. The number of nitrogens with one attached hydrogen (secondary N) is 1. The van der Waals surface area contributed by atoms with Crippen LogP contribution in [0.5, 0.6) is 11.5 Å². The minimum Gasteiger partial charge on any atom is -0.454 e. The molecule has 1 heterocycles. The lowest BCUT2D eigenvalue weighted by Crippen LogP contribution is -2.43. The maximum absolute atomic E-state index is 11.6. The zero-order chi connectivity index (χ0) is 13.9. The van der Waals surface area contributed by atoms with Crippen molar-refractivity contribution in [3.8, 4) is 11.5 Å². The molecule has 1 aliphatic rings. The SMILES string of the molecule is C[N+](C)(C)CC(=O)N/N=C/c1ccc2c(c1)OCO2. The molecule has 19 heavy (non-hydrogen) atoms. The fraction of sp³-hybridized carbons (Fsp3) is 0.385. The van der Waals surface area contributed by atoms with Gasteiger partial charge in [0.05, 0.1) is 27.4 Å². The largest absolute Gasteiger partial charge is 0.454 e. The first-order chi connectivity index (χ1) is 8.94. The van der Waals surface area contributed by atoms with E-state index in [2.05, 4.69) is 10.5 Å². The Kier molecular flexibility index (Phi) is 3.71. The predicted octanol–water partition coefficient (Wildman–Crippen LogP) is 0.572. The number of ether oxygens (including phenoxy) is 2. The summed E-state index contributed by atoms with van der Waals surface area (Å²) in [6.07, 6.45) is 1.58. The lowest BCUT2D eigenvalue weighted by atomic mass is 10.2. The molecule has 1 amide bonds. The first-order valence-corrected chi connectivity index (χ1v) is 5.96. The Labute approximate surface area is 112 Å². The number of benzene rings is 1. The van der Waals surface area contributed by atoms with Gasteiger partial charge in [-0.1, -0.05) is 0 Å². The van der Waals surface area contributed by atoms with Gasteiger partial charge in [0.15, 0.2) is 18.0 Å². The quantitative estimate of drug-likeness (QED) is 0.491. The minimum atomic E-state index is -0.121. The molecule has 6 heteroatoms. The third-order valence-corrected chi connectivity index (χ3v) is 2.42. The van der Waals surface area contributed by atoms with Crippen LogP contribution in [0.15, 0.2) is 23.3 Å². The monoisotopic (exact) mass is 264 g/mol. The maximum atomic E-state index is 11.6. The predicted molar refractivity (Wildman–Crippen MR) is 71.2 cm³/mol. The Morgan fingerprint density at radius 1 is 1.37 bits per heavy atom. The Morgan fingerprint density at radius 2 is 2.11 bits per heavy atom. The number of carbonyl (C=O) groups is 1. The van der Waals surface area contributed by atoms with E-state index >= 15 is 0 Å². The van der Waals surface area contributed by atoms with Crippen molar-refractivity contribution in [3.63, 3.8) is 0 Å². The number of fused-ring (bicyclic) bond motifs is 1. The van der Waals surface area contributed by atoms with Gasteiger partial charge in [0, 0.05) is 0 Å². The molecule has 0 radical (unpaired) electrons. The summed E-state index contributed by atoms with van der Waals surface area (Å²) < 4.78 is 11.0. The van der Waals surface area contributed by atoms with E-state index in [4.69, 9.17) is 9.47 Å². The zero-order valence-corrected chi connectivity index (χ0v) is 11.3. The molecule has 0 spiro atoms. The molecule has 1 N–H and O–H groups in total. The molecule has 102 valence electrons. The van der Waals surface area contributed by atoms with Gasteiger partial charge in [-0.05, 0) is 23.8 Å². The van der Waals surface area contributed by atoms with Gasteiger partial charge in [-0.3, -0.25) is 4.79 Å². The second kappa shape index (κ2) is 5.27. The van der Waals surface area contributed by atoms with Crippen molar-refractivity contribution in [2.75, 3.05) is 34.5 Å². The van der Waals surface area contributed by atoms with Crippen LogP contribution in [0.2, 0.25) is 0 Å². The van der Waals surface area contributed by atoms with Crippen LogP contribution in [0.25, 0.3) is 0 Å². The van der Waals surface area contributed by atoms with Gasteiger partial charge in [0.1, 0.15) is 0 Å². The van der Waals surface area contributed by atoms with E-state index in [-0.39, 0.29) is 12.7 Å². The highest BCUT2D eigenvalue weighted by molar-refractivity contribution is 5.83. The number of hydrogen-bond donors (Lipinski definition) is 1. The van der Waals surface area contributed by atoms with Crippen molar-refractivity contribution in [3.05, 3.63) is 23.8 Å². The number of rotatable bonds is 4. The molecule has 0 aromatic heterocycles.